The van der Waals surface area contributed by atoms with E-state index < -0.39 is 5.91 Å². The number of phenolic OH excluding ortho intramolecular Hbond substituents is 1. The van der Waals surface area contributed by atoms with Crippen molar-refractivity contribution in [3.8, 4) is 5.75 Å². The van der Waals surface area contributed by atoms with Gasteiger partial charge in [-0.05, 0) is 37.3 Å². The molecule has 3 N–H and O–H groups in total. The number of rotatable bonds is 6. The van der Waals surface area contributed by atoms with Gasteiger partial charge in [-0.25, -0.2) is 5.43 Å². The zero-order chi connectivity index (χ0) is 19.1. The summed E-state index contributed by atoms with van der Waals surface area (Å²) >= 11 is 11.8. The number of para-hydroxylation sites is 1. The fourth-order valence-electron chi connectivity index (χ4n) is 2.07. The van der Waals surface area contributed by atoms with E-state index in [2.05, 4.69) is 15.8 Å². The lowest BCUT2D eigenvalue weighted by Crippen LogP contribution is -2.21. The largest absolute Gasteiger partial charge is 0.507 e. The van der Waals surface area contributed by atoms with E-state index in [0.717, 1.165) is 0 Å². The average molecular weight is 394 g/mol. The van der Waals surface area contributed by atoms with Crippen LogP contribution in [0.2, 0.25) is 10.0 Å². The number of benzene rings is 2. The summed E-state index contributed by atoms with van der Waals surface area (Å²) in [5, 5.41) is 17.1. The first kappa shape index (κ1) is 19.8. The monoisotopic (exact) mass is 393 g/mol. The van der Waals surface area contributed by atoms with Crippen LogP contribution >= 0.6 is 23.2 Å². The molecule has 6 nitrogen and oxygen atoms in total. The molecular formula is C18H17Cl2N3O3. The molecule has 0 aliphatic carbocycles. The van der Waals surface area contributed by atoms with Crippen molar-refractivity contribution in [2.75, 3.05) is 5.32 Å². The highest BCUT2D eigenvalue weighted by Crippen LogP contribution is 2.25. The summed E-state index contributed by atoms with van der Waals surface area (Å²) in [5.74, 6) is -0.704. The molecule has 2 rings (SSSR count). The molecule has 2 aromatic rings. The predicted molar refractivity (Wildman–Crippen MR) is 103 cm³/mol. The zero-order valence-electron chi connectivity index (χ0n) is 13.9. The van der Waals surface area contributed by atoms with Gasteiger partial charge in [-0.1, -0.05) is 35.3 Å². The number of amides is 2. The van der Waals surface area contributed by atoms with Gasteiger partial charge >= 0.3 is 0 Å². The van der Waals surface area contributed by atoms with Crippen LogP contribution in [0.5, 0.6) is 5.75 Å². The lowest BCUT2D eigenvalue weighted by molar-refractivity contribution is -0.124. The van der Waals surface area contributed by atoms with Crippen molar-refractivity contribution in [2.45, 2.75) is 19.8 Å². The van der Waals surface area contributed by atoms with Crippen LogP contribution in [0.1, 0.15) is 25.3 Å². The van der Waals surface area contributed by atoms with Crippen LogP contribution < -0.4 is 10.7 Å². The Morgan fingerprint density at radius 2 is 1.77 bits per heavy atom. The maximum Gasteiger partial charge on any atom is 0.240 e. The third-order valence-corrected chi connectivity index (χ3v) is 3.97. The van der Waals surface area contributed by atoms with Gasteiger partial charge in [-0.2, -0.15) is 5.10 Å². The topological polar surface area (TPSA) is 90.8 Å². The van der Waals surface area contributed by atoms with Gasteiger partial charge in [-0.15, -0.1) is 0 Å². The molecule has 0 aromatic heterocycles. The fraction of sp³-hybridized carbons (Fsp3) is 0.167. The number of carbonyl (C=O) groups is 2. The first-order valence-electron chi connectivity index (χ1n) is 7.73. The van der Waals surface area contributed by atoms with Crippen LogP contribution in [-0.2, 0) is 9.59 Å². The van der Waals surface area contributed by atoms with Crippen molar-refractivity contribution in [3.63, 3.8) is 0 Å². The molecule has 0 unspecified atom stereocenters. The smallest absolute Gasteiger partial charge is 0.240 e. The predicted octanol–water partition coefficient (Wildman–Crippen LogP) is 3.96. The summed E-state index contributed by atoms with van der Waals surface area (Å²) < 4.78 is 0. The SMILES string of the molecule is C/C(=N\NC(=O)CCC(=O)Nc1ccc(Cl)cc1Cl)c1ccccc1O. The number of hydrogen-bond donors (Lipinski definition) is 3. The molecule has 0 heterocycles. The van der Waals surface area contributed by atoms with Crippen molar-refractivity contribution in [3.05, 3.63) is 58.1 Å². The number of hydrazone groups is 1. The molecule has 0 fully saturated rings. The molecule has 0 spiro atoms. The third-order valence-electron chi connectivity index (χ3n) is 3.43. The molecule has 0 bridgehead atoms. The number of aromatic hydroxyl groups is 1. The number of hydrogen-bond acceptors (Lipinski definition) is 4. The minimum absolute atomic E-state index is 0.0318. The van der Waals surface area contributed by atoms with E-state index in [1.165, 1.54) is 12.1 Å². The van der Waals surface area contributed by atoms with Crippen LogP contribution in [0.4, 0.5) is 5.69 Å². The molecule has 0 aliphatic heterocycles. The van der Waals surface area contributed by atoms with Crippen LogP contribution in [0, 0.1) is 0 Å². The van der Waals surface area contributed by atoms with Crippen molar-refractivity contribution in [1.82, 2.24) is 5.43 Å². The van der Waals surface area contributed by atoms with E-state index in [1.807, 2.05) is 0 Å². The summed E-state index contributed by atoms with van der Waals surface area (Å²) in [5.41, 5.74) is 3.76. The van der Waals surface area contributed by atoms with E-state index in [9.17, 15) is 14.7 Å². The standard InChI is InChI=1S/C18H17Cl2N3O3/c1-11(13-4-2-3-5-16(13)24)22-23-18(26)9-8-17(25)21-15-7-6-12(19)10-14(15)20/h2-7,10,24H,8-9H2,1H3,(H,21,25)(H,23,26)/b22-11+. The van der Waals surface area contributed by atoms with Crippen LogP contribution in [0.15, 0.2) is 47.6 Å². The minimum Gasteiger partial charge on any atom is -0.507 e. The van der Waals surface area contributed by atoms with Gasteiger partial charge < -0.3 is 10.4 Å². The van der Waals surface area contributed by atoms with Gasteiger partial charge in [0.15, 0.2) is 0 Å². The summed E-state index contributed by atoms with van der Waals surface area (Å²) in [6.07, 6.45) is -0.0788. The number of halogens is 2. The van der Waals surface area contributed by atoms with Crippen molar-refractivity contribution >= 4 is 46.4 Å². The van der Waals surface area contributed by atoms with E-state index in [1.54, 1.807) is 37.3 Å². The lowest BCUT2D eigenvalue weighted by atomic mass is 10.1. The highest BCUT2D eigenvalue weighted by atomic mass is 35.5. The van der Waals surface area contributed by atoms with Crippen LogP contribution in [0.3, 0.4) is 0 Å². The van der Waals surface area contributed by atoms with Crippen molar-refractivity contribution < 1.29 is 14.7 Å². The van der Waals surface area contributed by atoms with Gasteiger partial charge in [0.1, 0.15) is 5.75 Å². The Labute approximate surface area is 160 Å². The van der Waals surface area contributed by atoms with Crippen molar-refractivity contribution in [1.29, 1.82) is 0 Å². The van der Waals surface area contributed by atoms with E-state index in [4.69, 9.17) is 23.2 Å². The summed E-state index contributed by atoms with van der Waals surface area (Å²) in [6.45, 7) is 1.66. The number of nitrogens with zero attached hydrogens (tertiary/aromatic N) is 1. The van der Waals surface area contributed by atoms with E-state index in [0.29, 0.717) is 27.0 Å². The lowest BCUT2D eigenvalue weighted by Gasteiger charge is -2.07. The Morgan fingerprint density at radius 1 is 1.08 bits per heavy atom. The minimum atomic E-state index is -0.419. The van der Waals surface area contributed by atoms with Crippen molar-refractivity contribution in [2.24, 2.45) is 5.10 Å². The van der Waals surface area contributed by atoms with Crippen LogP contribution in [0.25, 0.3) is 0 Å². The number of anilines is 1. The second kappa shape index (κ2) is 9.22. The second-order valence-electron chi connectivity index (χ2n) is 5.42. The Hall–Kier alpha value is -2.57. The quantitative estimate of drug-likeness (QED) is 0.512. The Morgan fingerprint density at radius 3 is 2.46 bits per heavy atom. The Kier molecular flexibility index (Phi) is 7.00. The highest BCUT2D eigenvalue weighted by Gasteiger charge is 2.10. The molecule has 0 radical (unpaired) electrons. The molecule has 26 heavy (non-hydrogen) atoms. The molecule has 8 heteroatoms. The summed E-state index contributed by atoms with van der Waals surface area (Å²) in [7, 11) is 0. The van der Waals surface area contributed by atoms with Crippen LogP contribution in [-0.4, -0.2) is 22.6 Å². The molecule has 0 atom stereocenters. The molecular weight excluding hydrogens is 377 g/mol. The molecule has 0 saturated heterocycles. The number of nitrogens with one attached hydrogen (secondary N) is 2. The maximum absolute atomic E-state index is 11.9. The first-order valence-corrected chi connectivity index (χ1v) is 8.49. The maximum atomic E-state index is 11.9. The number of phenols is 1. The molecule has 136 valence electrons. The molecule has 2 aromatic carbocycles. The Bertz CT molecular complexity index is 853. The van der Waals surface area contributed by atoms with E-state index in [-0.39, 0.29) is 24.5 Å². The Balaban J connectivity index is 1.83. The molecule has 2 amide bonds. The normalized spacial score (nSPS) is 11.1. The zero-order valence-corrected chi connectivity index (χ0v) is 15.4. The van der Waals surface area contributed by atoms with Gasteiger partial charge in [0.25, 0.3) is 0 Å². The first-order chi connectivity index (χ1) is 12.4. The average Bonchev–Trinajstić information content (AvgIpc) is 2.60. The third kappa shape index (κ3) is 5.75. The molecule has 0 saturated carbocycles. The van der Waals surface area contributed by atoms with Gasteiger partial charge in [0, 0.05) is 23.4 Å². The van der Waals surface area contributed by atoms with E-state index >= 15 is 0 Å². The fourth-order valence-corrected chi connectivity index (χ4v) is 2.53. The highest BCUT2D eigenvalue weighted by molar-refractivity contribution is 6.36. The van der Waals surface area contributed by atoms with Gasteiger partial charge in [0.05, 0.1) is 16.4 Å². The summed E-state index contributed by atoms with van der Waals surface area (Å²) in [4.78, 5) is 23.7. The van der Waals surface area contributed by atoms with Gasteiger partial charge in [0.2, 0.25) is 11.8 Å². The molecule has 0 aliphatic rings. The number of carbonyl (C=O) groups excluding carboxylic acids is 2. The summed E-state index contributed by atoms with van der Waals surface area (Å²) in [6, 6.07) is 11.4. The second-order valence-corrected chi connectivity index (χ2v) is 6.27. The van der Waals surface area contributed by atoms with Gasteiger partial charge in [-0.3, -0.25) is 9.59 Å².